The molecule has 0 fully saturated rings. The molecule has 12 heavy (non-hydrogen) atoms. The van der Waals surface area contributed by atoms with Crippen LogP contribution in [0.2, 0.25) is 0 Å². The van der Waals surface area contributed by atoms with E-state index in [-0.39, 0.29) is 0 Å². The van der Waals surface area contributed by atoms with Gasteiger partial charge in [0.05, 0.1) is 11.9 Å². The number of nitrogens with zero attached hydrogens (tertiary/aromatic N) is 2. The quantitative estimate of drug-likeness (QED) is 0.719. The van der Waals surface area contributed by atoms with Crippen LogP contribution in [0.3, 0.4) is 0 Å². The van der Waals surface area contributed by atoms with Gasteiger partial charge in [0, 0.05) is 24.7 Å². The number of hydrogen-bond acceptors (Lipinski definition) is 2. The molecule has 1 aliphatic heterocycles. The summed E-state index contributed by atoms with van der Waals surface area (Å²) in [6, 6.07) is 0.536. The first-order valence-electron chi connectivity index (χ1n) is 4.59. The summed E-state index contributed by atoms with van der Waals surface area (Å²) in [6.45, 7) is 6.39. The maximum Gasteiger partial charge on any atom is 0.0570 e. The third kappa shape index (κ3) is 1.05. The van der Waals surface area contributed by atoms with Crippen LogP contribution in [-0.2, 0) is 13.1 Å². The van der Waals surface area contributed by atoms with Crippen molar-refractivity contribution in [1.82, 2.24) is 15.1 Å². The van der Waals surface area contributed by atoms with Gasteiger partial charge in [0.25, 0.3) is 0 Å². The van der Waals surface area contributed by atoms with Crippen LogP contribution in [0, 0.1) is 0 Å². The lowest BCUT2D eigenvalue weighted by Gasteiger charge is -2.11. The van der Waals surface area contributed by atoms with Crippen LogP contribution in [0.25, 0.3) is 0 Å². The average molecular weight is 165 g/mol. The lowest BCUT2D eigenvalue weighted by molar-refractivity contribution is 0.458. The molecule has 0 bridgehead atoms. The number of aromatic nitrogens is 2. The zero-order valence-corrected chi connectivity index (χ0v) is 7.67. The molecule has 0 saturated heterocycles. The summed E-state index contributed by atoms with van der Waals surface area (Å²) in [4.78, 5) is 0. The van der Waals surface area contributed by atoms with Gasteiger partial charge in [-0.2, -0.15) is 5.10 Å². The van der Waals surface area contributed by atoms with E-state index in [2.05, 4.69) is 28.9 Å². The Morgan fingerprint density at radius 2 is 2.50 bits per heavy atom. The van der Waals surface area contributed by atoms with Crippen LogP contribution in [0.4, 0.5) is 0 Å². The second-order valence-electron chi connectivity index (χ2n) is 3.42. The van der Waals surface area contributed by atoms with Crippen LogP contribution in [0.1, 0.15) is 37.6 Å². The molecule has 1 unspecified atom stereocenters. The van der Waals surface area contributed by atoms with Crippen LogP contribution in [0.5, 0.6) is 0 Å². The van der Waals surface area contributed by atoms with E-state index in [1.165, 1.54) is 11.3 Å². The smallest absolute Gasteiger partial charge is 0.0570 e. The normalized spacial score (nSPS) is 17.8. The molecule has 2 rings (SSSR count). The standard InChI is InChI=1S/C9H15N3/c1-3-7(2)12-9-6-10-4-8(9)5-11-12/h5,7,10H,3-4,6H2,1-2H3. The molecule has 1 aromatic rings. The van der Waals surface area contributed by atoms with Crippen LogP contribution in [-0.4, -0.2) is 9.78 Å². The summed E-state index contributed by atoms with van der Waals surface area (Å²) in [7, 11) is 0. The molecule has 1 atom stereocenters. The summed E-state index contributed by atoms with van der Waals surface area (Å²) in [6.07, 6.45) is 3.13. The predicted molar refractivity (Wildman–Crippen MR) is 47.8 cm³/mol. The number of rotatable bonds is 2. The lowest BCUT2D eigenvalue weighted by atomic mass is 10.2. The van der Waals surface area contributed by atoms with Crippen LogP contribution in [0.15, 0.2) is 6.20 Å². The lowest BCUT2D eigenvalue weighted by Crippen LogP contribution is -2.11. The molecule has 0 saturated carbocycles. The molecule has 0 radical (unpaired) electrons. The molecule has 66 valence electrons. The van der Waals surface area contributed by atoms with Crippen LogP contribution >= 0.6 is 0 Å². The fourth-order valence-electron chi connectivity index (χ4n) is 1.63. The number of fused-ring (bicyclic) bond motifs is 1. The first-order chi connectivity index (χ1) is 5.83. The summed E-state index contributed by atoms with van der Waals surface area (Å²) >= 11 is 0. The Morgan fingerprint density at radius 1 is 1.67 bits per heavy atom. The Kier molecular flexibility index (Phi) is 1.89. The van der Waals surface area contributed by atoms with E-state index in [9.17, 15) is 0 Å². The van der Waals surface area contributed by atoms with Crippen molar-refractivity contribution in [3.8, 4) is 0 Å². The van der Waals surface area contributed by atoms with Crippen molar-refractivity contribution in [2.45, 2.75) is 39.4 Å². The minimum atomic E-state index is 0.536. The van der Waals surface area contributed by atoms with Gasteiger partial charge < -0.3 is 5.32 Å². The molecule has 0 amide bonds. The van der Waals surface area contributed by atoms with Crippen molar-refractivity contribution in [1.29, 1.82) is 0 Å². The highest BCUT2D eigenvalue weighted by molar-refractivity contribution is 5.21. The fourth-order valence-corrected chi connectivity index (χ4v) is 1.63. The molecular weight excluding hydrogens is 150 g/mol. The van der Waals surface area contributed by atoms with Crippen LogP contribution < -0.4 is 5.32 Å². The van der Waals surface area contributed by atoms with E-state index in [4.69, 9.17) is 0 Å². The van der Waals surface area contributed by atoms with Gasteiger partial charge in [-0.15, -0.1) is 0 Å². The van der Waals surface area contributed by atoms with E-state index in [1.54, 1.807) is 0 Å². The Labute approximate surface area is 72.8 Å². The van der Waals surface area contributed by atoms with Gasteiger partial charge in [-0.25, -0.2) is 0 Å². The topological polar surface area (TPSA) is 29.9 Å². The van der Waals surface area contributed by atoms with Gasteiger partial charge in [-0.1, -0.05) is 6.92 Å². The van der Waals surface area contributed by atoms with Crippen molar-refractivity contribution in [2.75, 3.05) is 0 Å². The van der Waals surface area contributed by atoms with Gasteiger partial charge in [-0.3, -0.25) is 4.68 Å². The van der Waals surface area contributed by atoms with Crippen molar-refractivity contribution >= 4 is 0 Å². The Morgan fingerprint density at radius 3 is 3.25 bits per heavy atom. The molecule has 1 aromatic heterocycles. The monoisotopic (exact) mass is 165 g/mol. The second kappa shape index (κ2) is 2.90. The maximum atomic E-state index is 4.39. The maximum absolute atomic E-state index is 4.39. The largest absolute Gasteiger partial charge is 0.307 e. The summed E-state index contributed by atoms with van der Waals surface area (Å²) in [5.41, 5.74) is 2.75. The summed E-state index contributed by atoms with van der Waals surface area (Å²) in [5, 5.41) is 7.71. The minimum absolute atomic E-state index is 0.536. The third-order valence-corrected chi connectivity index (χ3v) is 2.60. The molecule has 2 heterocycles. The second-order valence-corrected chi connectivity index (χ2v) is 3.42. The number of hydrogen-bond donors (Lipinski definition) is 1. The zero-order valence-electron chi connectivity index (χ0n) is 7.67. The molecule has 3 heteroatoms. The fraction of sp³-hybridized carbons (Fsp3) is 0.667. The molecular formula is C9H15N3. The first kappa shape index (κ1) is 7.80. The minimum Gasteiger partial charge on any atom is -0.307 e. The van der Waals surface area contributed by atoms with Gasteiger partial charge in [0.2, 0.25) is 0 Å². The van der Waals surface area contributed by atoms with E-state index < -0.39 is 0 Å². The van der Waals surface area contributed by atoms with Crippen molar-refractivity contribution < 1.29 is 0 Å². The molecule has 0 aromatic carbocycles. The highest BCUT2D eigenvalue weighted by Crippen LogP contribution is 2.19. The van der Waals surface area contributed by atoms with Gasteiger partial charge in [0.1, 0.15) is 0 Å². The van der Waals surface area contributed by atoms with E-state index in [0.717, 1.165) is 19.5 Å². The van der Waals surface area contributed by atoms with E-state index >= 15 is 0 Å². The first-order valence-corrected chi connectivity index (χ1v) is 4.59. The third-order valence-electron chi connectivity index (χ3n) is 2.60. The molecule has 3 nitrogen and oxygen atoms in total. The SMILES string of the molecule is CCC(C)n1ncc2c1CNC2. The average Bonchev–Trinajstić information content (AvgIpc) is 2.62. The Bertz CT molecular complexity index is 277. The Balaban J connectivity index is 2.33. The summed E-state index contributed by atoms with van der Waals surface area (Å²) < 4.78 is 2.15. The Hall–Kier alpha value is -0.830. The van der Waals surface area contributed by atoms with E-state index in [1.807, 2.05) is 6.20 Å². The van der Waals surface area contributed by atoms with Gasteiger partial charge in [-0.05, 0) is 13.3 Å². The predicted octanol–water partition coefficient (Wildman–Crippen LogP) is 1.46. The summed E-state index contributed by atoms with van der Waals surface area (Å²) in [5.74, 6) is 0. The zero-order chi connectivity index (χ0) is 8.55. The number of nitrogens with one attached hydrogen (secondary N) is 1. The highest BCUT2D eigenvalue weighted by Gasteiger charge is 2.17. The molecule has 0 spiro atoms. The van der Waals surface area contributed by atoms with Gasteiger partial charge >= 0.3 is 0 Å². The van der Waals surface area contributed by atoms with Crippen molar-refractivity contribution in [3.63, 3.8) is 0 Å². The van der Waals surface area contributed by atoms with Crippen molar-refractivity contribution in [2.24, 2.45) is 0 Å². The van der Waals surface area contributed by atoms with Crippen molar-refractivity contribution in [3.05, 3.63) is 17.5 Å². The van der Waals surface area contributed by atoms with E-state index in [0.29, 0.717) is 6.04 Å². The molecule has 1 N–H and O–H groups in total. The van der Waals surface area contributed by atoms with Gasteiger partial charge in [0.15, 0.2) is 0 Å². The highest BCUT2D eigenvalue weighted by atomic mass is 15.3. The molecule has 1 aliphatic rings. The molecule has 0 aliphatic carbocycles.